The predicted octanol–water partition coefficient (Wildman–Crippen LogP) is -8.19. The van der Waals surface area contributed by atoms with Crippen molar-refractivity contribution >= 4 is 7.82 Å². The van der Waals surface area contributed by atoms with Crippen molar-refractivity contribution in [3.05, 3.63) is 0 Å². The van der Waals surface area contributed by atoms with Gasteiger partial charge in [-0.1, -0.05) is 0 Å². The maximum atomic E-state index is 8.66. The Hall–Kier alpha value is 2.56. The molecule has 0 aromatic carbocycles. The van der Waals surface area contributed by atoms with Gasteiger partial charge in [0.2, 0.25) is 0 Å². The van der Waals surface area contributed by atoms with Crippen LogP contribution in [0.4, 0.5) is 0 Å². The zero-order valence-corrected chi connectivity index (χ0v) is 9.51. The SMILES string of the molecule is O=P([O-])([O-])O.[Cl-].[Cu+2].[K+]. The van der Waals surface area contributed by atoms with Gasteiger partial charge in [-0.25, -0.2) is 0 Å². The number of phosphoric acid groups is 1. The maximum absolute atomic E-state index is 8.66. The van der Waals surface area contributed by atoms with Crippen LogP contribution in [-0.2, 0) is 21.6 Å². The van der Waals surface area contributed by atoms with E-state index in [-0.39, 0.29) is 80.9 Å². The van der Waals surface area contributed by atoms with Crippen LogP contribution in [0.3, 0.4) is 0 Å². The zero-order valence-electron chi connectivity index (χ0n) is 3.80. The van der Waals surface area contributed by atoms with Crippen LogP contribution in [0.25, 0.3) is 0 Å². The molecule has 0 heterocycles. The fourth-order valence-corrected chi connectivity index (χ4v) is 0. The summed E-state index contributed by atoms with van der Waals surface area (Å²) in [5, 5.41) is 0. The largest absolute Gasteiger partial charge is 2.00 e. The molecule has 49 valence electrons. The molecular formula is HClCuKO4P. The number of halogens is 1. The van der Waals surface area contributed by atoms with Gasteiger partial charge < -0.3 is 31.7 Å². The van der Waals surface area contributed by atoms with Gasteiger partial charge in [0.1, 0.15) is 0 Å². The second-order valence-electron chi connectivity index (χ2n) is 0.469. The standard InChI is InChI=1S/ClH.Cu.K.H3O4P/c;;;1-5(2,3)4/h1H;;;(H3,1,2,3,4)/q;+2;+1;/p-3. The molecule has 0 aromatic rings. The minimum absolute atomic E-state index is 0. The van der Waals surface area contributed by atoms with Gasteiger partial charge in [0.15, 0.2) is 0 Å². The monoisotopic (exact) mass is 233 g/mol. The van der Waals surface area contributed by atoms with E-state index in [2.05, 4.69) is 0 Å². The molecule has 0 fully saturated rings. The molecule has 0 amide bonds. The Balaban J connectivity index is -0.0000000267. The summed E-state index contributed by atoms with van der Waals surface area (Å²) in [5.74, 6) is 0. The van der Waals surface area contributed by atoms with Crippen LogP contribution in [-0.4, -0.2) is 4.89 Å². The molecule has 0 saturated heterocycles. The Kier molecular flexibility index (Phi) is 26.8. The van der Waals surface area contributed by atoms with E-state index in [0.29, 0.717) is 0 Å². The fraction of sp³-hybridized carbons (Fsp3) is 0. The first-order valence-corrected chi connectivity index (χ1v) is 2.24. The molecule has 0 rings (SSSR count). The summed E-state index contributed by atoms with van der Waals surface area (Å²) in [6.45, 7) is 0. The molecule has 0 spiro atoms. The van der Waals surface area contributed by atoms with E-state index in [0.717, 1.165) is 0 Å². The van der Waals surface area contributed by atoms with E-state index >= 15 is 0 Å². The fourth-order valence-electron chi connectivity index (χ4n) is 0. The molecule has 4 nitrogen and oxygen atoms in total. The first-order chi connectivity index (χ1) is 2.00. The molecule has 0 saturated carbocycles. The average Bonchev–Trinajstić information content (AvgIpc) is 0.722. The molecule has 0 unspecified atom stereocenters. The van der Waals surface area contributed by atoms with Gasteiger partial charge in [-0.2, -0.15) is 0 Å². The molecule has 0 aromatic heterocycles. The van der Waals surface area contributed by atoms with Gasteiger partial charge in [-0.15, -0.1) is 0 Å². The summed E-state index contributed by atoms with van der Waals surface area (Å²) in [4.78, 5) is 24.3. The van der Waals surface area contributed by atoms with Crippen molar-refractivity contribution in [3.63, 3.8) is 0 Å². The van der Waals surface area contributed by atoms with E-state index in [9.17, 15) is 0 Å². The molecule has 8 heteroatoms. The average molecular weight is 234 g/mol. The van der Waals surface area contributed by atoms with Crippen LogP contribution < -0.4 is 73.6 Å². The molecule has 8 heavy (non-hydrogen) atoms. The molecule has 1 radical (unpaired) electrons. The van der Waals surface area contributed by atoms with Gasteiger partial charge >= 0.3 is 68.5 Å². The quantitative estimate of drug-likeness (QED) is 0.333. The van der Waals surface area contributed by atoms with Crippen LogP contribution in [0.1, 0.15) is 0 Å². The minimum Gasteiger partial charge on any atom is -1.00 e. The van der Waals surface area contributed by atoms with E-state index in [1.807, 2.05) is 0 Å². The number of rotatable bonds is 0. The van der Waals surface area contributed by atoms with Gasteiger partial charge in [0.25, 0.3) is 0 Å². The second-order valence-corrected chi connectivity index (χ2v) is 1.41. The first-order valence-electron chi connectivity index (χ1n) is 0.748. The summed E-state index contributed by atoms with van der Waals surface area (Å²) in [7, 11) is -5.14. The van der Waals surface area contributed by atoms with Crippen molar-refractivity contribution in [1.82, 2.24) is 0 Å². The van der Waals surface area contributed by atoms with E-state index in [1.165, 1.54) is 0 Å². The van der Waals surface area contributed by atoms with Crippen molar-refractivity contribution in [2.75, 3.05) is 0 Å². The zero-order chi connectivity index (χ0) is 4.50. The topological polar surface area (TPSA) is 83.4 Å². The Bertz CT molecular complexity index is 62.2. The summed E-state index contributed by atoms with van der Waals surface area (Å²) in [6, 6.07) is 0. The number of hydrogen-bond donors (Lipinski definition) is 1. The predicted molar refractivity (Wildman–Crippen MR) is 9.83 cm³/mol. The molecule has 0 aliphatic carbocycles. The maximum Gasteiger partial charge on any atom is 2.00 e. The van der Waals surface area contributed by atoms with Crippen molar-refractivity contribution in [2.45, 2.75) is 0 Å². The molecule has 0 aliphatic rings. The van der Waals surface area contributed by atoms with Crippen LogP contribution in [0.2, 0.25) is 0 Å². The van der Waals surface area contributed by atoms with Crippen molar-refractivity contribution in [3.8, 4) is 0 Å². The Morgan fingerprint density at radius 1 is 1.38 bits per heavy atom. The summed E-state index contributed by atoms with van der Waals surface area (Å²) in [5.41, 5.74) is 0. The first kappa shape index (κ1) is 22.4. The molecule has 1 N–H and O–H groups in total. The Morgan fingerprint density at radius 3 is 1.38 bits per heavy atom. The van der Waals surface area contributed by atoms with Crippen molar-refractivity contribution in [1.29, 1.82) is 0 Å². The summed E-state index contributed by atoms with van der Waals surface area (Å²) < 4.78 is 8.66. The van der Waals surface area contributed by atoms with Gasteiger partial charge in [-0.3, -0.25) is 0 Å². The van der Waals surface area contributed by atoms with Crippen LogP contribution in [0.5, 0.6) is 0 Å². The third-order valence-electron chi connectivity index (χ3n) is 0. The Labute approximate surface area is 106 Å². The van der Waals surface area contributed by atoms with Gasteiger partial charge in [0.05, 0.1) is 7.82 Å². The van der Waals surface area contributed by atoms with Crippen LogP contribution in [0.15, 0.2) is 0 Å². The van der Waals surface area contributed by atoms with Crippen molar-refractivity contribution in [2.24, 2.45) is 0 Å². The molecule has 0 aliphatic heterocycles. The van der Waals surface area contributed by atoms with Gasteiger partial charge in [0, 0.05) is 0 Å². The van der Waals surface area contributed by atoms with E-state index < -0.39 is 7.82 Å². The van der Waals surface area contributed by atoms with Gasteiger partial charge in [-0.05, 0) is 0 Å². The third-order valence-corrected chi connectivity index (χ3v) is 0. The summed E-state index contributed by atoms with van der Waals surface area (Å²) >= 11 is 0. The third kappa shape index (κ3) is 74.8. The molecule has 0 atom stereocenters. The van der Waals surface area contributed by atoms with Crippen LogP contribution >= 0.6 is 7.82 Å². The smallest absolute Gasteiger partial charge is 1.00 e. The summed E-state index contributed by atoms with van der Waals surface area (Å²) in [6.07, 6.45) is 0. The molecular weight excluding hydrogens is 233 g/mol. The normalized spacial score (nSPS) is 7.38. The van der Waals surface area contributed by atoms with E-state index in [1.54, 1.807) is 0 Å². The van der Waals surface area contributed by atoms with Crippen molar-refractivity contribution < 1.29 is 100 Å². The molecule has 0 bridgehead atoms. The minimum atomic E-state index is -5.14. The van der Waals surface area contributed by atoms with E-state index in [4.69, 9.17) is 19.2 Å². The van der Waals surface area contributed by atoms with Crippen LogP contribution in [0, 0.1) is 0 Å². The Morgan fingerprint density at radius 2 is 1.38 bits per heavy atom. The second kappa shape index (κ2) is 9.56. The number of hydrogen-bond acceptors (Lipinski definition) is 3.